The number of hydrogen-bond acceptors (Lipinski definition) is 4. The lowest BCUT2D eigenvalue weighted by Crippen LogP contribution is -2.15. The molecule has 1 saturated carbocycles. The van der Waals surface area contributed by atoms with Crippen molar-refractivity contribution in [1.29, 1.82) is 0 Å². The molecule has 1 aliphatic rings. The number of rotatable bonds is 5. The molecule has 0 unspecified atom stereocenters. The number of nitrogens with two attached hydrogens (primary N) is 1. The Hall–Kier alpha value is -1.92. The number of benzene rings is 1. The Morgan fingerprint density at radius 3 is 2.86 bits per heavy atom. The van der Waals surface area contributed by atoms with Crippen molar-refractivity contribution >= 4 is 35.6 Å². The summed E-state index contributed by atoms with van der Waals surface area (Å²) in [5, 5.41) is 1.41. The number of aromatic nitrogens is 2. The summed E-state index contributed by atoms with van der Waals surface area (Å²) in [7, 11) is 0. The average molecular weight is 333 g/mol. The molecule has 1 aromatic carbocycles. The Bertz CT molecular complexity index is 746. The van der Waals surface area contributed by atoms with Crippen LogP contribution in [0.25, 0.3) is 11.3 Å². The van der Waals surface area contributed by atoms with Gasteiger partial charge in [-0.2, -0.15) is 4.99 Å². The van der Waals surface area contributed by atoms with E-state index in [2.05, 4.69) is 15.0 Å². The summed E-state index contributed by atoms with van der Waals surface area (Å²) in [5.41, 5.74) is 7.62. The standard InChI is InChI=1S/C15H13ClN4OS/c16-11-5-9(1-4-14(11)22-10-2-3-10)12-6-13(19-7-18-12)15(17)20-8-21/h1,4-8,10H,2-3H2,(H2,17,20,21). The molecule has 1 fully saturated rings. The molecule has 0 spiro atoms. The van der Waals surface area contributed by atoms with Gasteiger partial charge in [-0.15, -0.1) is 11.8 Å². The van der Waals surface area contributed by atoms with Gasteiger partial charge in [0.1, 0.15) is 12.0 Å². The van der Waals surface area contributed by atoms with E-state index in [1.54, 1.807) is 6.07 Å². The fraction of sp³-hybridized carbons (Fsp3) is 0.200. The maximum absolute atomic E-state index is 10.4. The zero-order chi connectivity index (χ0) is 15.5. The molecule has 3 rings (SSSR count). The smallest absolute Gasteiger partial charge is 0.234 e. The van der Waals surface area contributed by atoms with Gasteiger partial charge in [0.2, 0.25) is 6.41 Å². The summed E-state index contributed by atoms with van der Waals surface area (Å²) in [6, 6.07) is 7.54. The van der Waals surface area contributed by atoms with E-state index in [1.807, 2.05) is 30.0 Å². The second-order valence-electron chi connectivity index (χ2n) is 4.87. The number of carbonyl (C=O) groups is 1. The molecular weight excluding hydrogens is 320 g/mol. The third-order valence-electron chi connectivity index (χ3n) is 3.17. The molecule has 1 aromatic heterocycles. The second kappa shape index (κ2) is 6.46. The van der Waals surface area contributed by atoms with Crippen molar-refractivity contribution in [3.8, 4) is 11.3 Å². The molecule has 1 aliphatic carbocycles. The normalized spacial score (nSPS) is 14.9. The average Bonchev–Trinajstić information content (AvgIpc) is 3.34. The summed E-state index contributed by atoms with van der Waals surface area (Å²) >= 11 is 8.16. The van der Waals surface area contributed by atoms with Gasteiger partial charge in [-0.1, -0.05) is 17.7 Å². The van der Waals surface area contributed by atoms with Crippen LogP contribution >= 0.6 is 23.4 Å². The summed E-state index contributed by atoms with van der Waals surface area (Å²) in [6.45, 7) is 0. The van der Waals surface area contributed by atoms with Crippen LogP contribution in [0.1, 0.15) is 18.5 Å². The van der Waals surface area contributed by atoms with Gasteiger partial charge in [0.15, 0.2) is 5.84 Å². The van der Waals surface area contributed by atoms with E-state index >= 15 is 0 Å². The van der Waals surface area contributed by atoms with E-state index in [9.17, 15) is 4.79 Å². The van der Waals surface area contributed by atoms with Crippen molar-refractivity contribution in [2.45, 2.75) is 23.0 Å². The van der Waals surface area contributed by atoms with Gasteiger partial charge in [-0.25, -0.2) is 9.97 Å². The van der Waals surface area contributed by atoms with Crippen molar-refractivity contribution in [3.05, 3.63) is 41.3 Å². The summed E-state index contributed by atoms with van der Waals surface area (Å²) in [5.74, 6) is 0.0608. The van der Waals surface area contributed by atoms with E-state index in [4.69, 9.17) is 17.3 Å². The Morgan fingerprint density at radius 1 is 1.36 bits per heavy atom. The lowest BCUT2D eigenvalue weighted by Gasteiger charge is -2.07. The van der Waals surface area contributed by atoms with Crippen molar-refractivity contribution in [2.75, 3.05) is 0 Å². The van der Waals surface area contributed by atoms with Crippen LogP contribution in [0, 0.1) is 0 Å². The Labute approximate surface area is 137 Å². The number of carbonyl (C=O) groups excluding carboxylic acids is 1. The molecule has 2 N–H and O–H groups in total. The molecule has 0 bridgehead atoms. The Kier molecular flexibility index (Phi) is 4.40. The highest BCUT2D eigenvalue weighted by Gasteiger charge is 2.23. The zero-order valence-electron chi connectivity index (χ0n) is 11.6. The lowest BCUT2D eigenvalue weighted by molar-refractivity contribution is -0.106. The molecule has 22 heavy (non-hydrogen) atoms. The number of amidine groups is 1. The minimum atomic E-state index is 0.0608. The third-order valence-corrected chi connectivity index (χ3v) is 5.01. The highest BCUT2D eigenvalue weighted by atomic mass is 35.5. The fourth-order valence-electron chi connectivity index (χ4n) is 1.90. The first-order chi connectivity index (χ1) is 10.7. The Morgan fingerprint density at radius 2 is 2.18 bits per heavy atom. The van der Waals surface area contributed by atoms with E-state index in [1.165, 1.54) is 19.2 Å². The van der Waals surface area contributed by atoms with Crippen LogP contribution in [0.5, 0.6) is 0 Å². The van der Waals surface area contributed by atoms with Crippen molar-refractivity contribution < 1.29 is 4.79 Å². The molecule has 1 heterocycles. The fourth-order valence-corrected chi connectivity index (χ4v) is 3.26. The number of aliphatic imine (C=N–C) groups is 1. The number of nitrogens with zero attached hydrogens (tertiary/aromatic N) is 3. The van der Waals surface area contributed by atoms with Gasteiger partial charge in [-0.3, -0.25) is 4.79 Å². The largest absolute Gasteiger partial charge is 0.382 e. The monoisotopic (exact) mass is 332 g/mol. The first-order valence-corrected chi connectivity index (χ1v) is 7.99. The molecule has 7 heteroatoms. The van der Waals surface area contributed by atoms with Gasteiger partial charge in [0, 0.05) is 15.7 Å². The molecule has 1 amide bonds. The molecule has 0 atom stereocenters. The van der Waals surface area contributed by atoms with Crippen LogP contribution in [-0.2, 0) is 4.79 Å². The van der Waals surface area contributed by atoms with Crippen LogP contribution in [0.3, 0.4) is 0 Å². The van der Waals surface area contributed by atoms with Crippen molar-refractivity contribution in [1.82, 2.24) is 9.97 Å². The van der Waals surface area contributed by atoms with E-state index < -0.39 is 0 Å². The van der Waals surface area contributed by atoms with Crippen LogP contribution in [0.2, 0.25) is 5.02 Å². The Balaban J connectivity index is 1.90. The lowest BCUT2D eigenvalue weighted by atomic mass is 10.1. The molecule has 0 aliphatic heterocycles. The van der Waals surface area contributed by atoms with Crippen LogP contribution in [0.15, 0.2) is 40.5 Å². The third kappa shape index (κ3) is 3.45. The first-order valence-electron chi connectivity index (χ1n) is 6.73. The topological polar surface area (TPSA) is 81.2 Å². The highest BCUT2D eigenvalue weighted by molar-refractivity contribution is 8.00. The quantitative estimate of drug-likeness (QED) is 0.517. The van der Waals surface area contributed by atoms with Gasteiger partial charge in [0.05, 0.1) is 10.7 Å². The van der Waals surface area contributed by atoms with Crippen molar-refractivity contribution in [3.63, 3.8) is 0 Å². The maximum atomic E-state index is 10.4. The highest BCUT2D eigenvalue weighted by Crippen LogP contribution is 2.42. The van der Waals surface area contributed by atoms with Crippen molar-refractivity contribution in [2.24, 2.45) is 10.7 Å². The van der Waals surface area contributed by atoms with Crippen LogP contribution in [0.4, 0.5) is 0 Å². The molecule has 112 valence electrons. The summed E-state index contributed by atoms with van der Waals surface area (Å²) in [6.07, 6.45) is 4.29. The van der Waals surface area contributed by atoms with Crippen LogP contribution in [-0.4, -0.2) is 27.5 Å². The number of thioether (sulfide) groups is 1. The van der Waals surface area contributed by atoms with E-state index in [0.29, 0.717) is 28.1 Å². The zero-order valence-corrected chi connectivity index (χ0v) is 13.1. The SMILES string of the molecule is NC(=NC=O)c1cc(-c2ccc(SC3CC3)c(Cl)c2)ncn1. The first kappa shape index (κ1) is 15.0. The maximum Gasteiger partial charge on any atom is 0.234 e. The molecule has 2 aromatic rings. The van der Waals surface area contributed by atoms with E-state index in [-0.39, 0.29) is 5.84 Å². The number of hydrogen-bond donors (Lipinski definition) is 1. The van der Waals surface area contributed by atoms with E-state index in [0.717, 1.165) is 10.5 Å². The minimum Gasteiger partial charge on any atom is -0.382 e. The molecule has 5 nitrogen and oxygen atoms in total. The van der Waals surface area contributed by atoms with Gasteiger partial charge in [-0.05, 0) is 31.0 Å². The number of amides is 1. The molecule has 0 radical (unpaired) electrons. The predicted octanol–water partition coefficient (Wildman–Crippen LogP) is 2.91. The summed E-state index contributed by atoms with van der Waals surface area (Å²) < 4.78 is 0. The van der Waals surface area contributed by atoms with Crippen LogP contribution < -0.4 is 5.73 Å². The van der Waals surface area contributed by atoms with Gasteiger partial charge in [0.25, 0.3) is 0 Å². The molecule has 0 saturated heterocycles. The summed E-state index contributed by atoms with van der Waals surface area (Å²) in [4.78, 5) is 23.2. The number of halogens is 1. The second-order valence-corrected chi connectivity index (χ2v) is 6.62. The molecular formula is C15H13ClN4OS. The van der Waals surface area contributed by atoms with Gasteiger partial charge < -0.3 is 5.73 Å². The van der Waals surface area contributed by atoms with Gasteiger partial charge >= 0.3 is 0 Å². The predicted molar refractivity (Wildman–Crippen MR) is 88.1 cm³/mol. The minimum absolute atomic E-state index is 0.0608.